The molecule has 0 saturated carbocycles. The molecule has 5 nitrogen and oxygen atoms in total. The molecule has 0 saturated heterocycles. The third-order valence-corrected chi connectivity index (χ3v) is 4.06. The van der Waals surface area contributed by atoms with Crippen LogP contribution in [0.3, 0.4) is 0 Å². The van der Waals surface area contributed by atoms with Crippen LogP contribution in [0.5, 0.6) is 6.01 Å². The van der Waals surface area contributed by atoms with Crippen LogP contribution in [-0.2, 0) is 6.42 Å². The Morgan fingerprint density at radius 1 is 1.29 bits per heavy atom. The van der Waals surface area contributed by atoms with Gasteiger partial charge in [0.1, 0.15) is 5.82 Å². The summed E-state index contributed by atoms with van der Waals surface area (Å²) in [5.41, 5.74) is 2.23. The molecule has 6 heteroatoms. The van der Waals surface area contributed by atoms with E-state index in [9.17, 15) is 0 Å². The van der Waals surface area contributed by atoms with Crippen molar-refractivity contribution in [2.75, 3.05) is 7.11 Å². The minimum atomic E-state index is 0.319. The number of hydrogen-bond acceptors (Lipinski definition) is 5. The number of aromatic nitrogens is 4. The van der Waals surface area contributed by atoms with Gasteiger partial charge in [-0.05, 0) is 35.7 Å². The predicted octanol–water partition coefficient (Wildman–Crippen LogP) is 3.21. The lowest BCUT2D eigenvalue weighted by Crippen LogP contribution is -2.09. The summed E-state index contributed by atoms with van der Waals surface area (Å²) in [4.78, 5) is 12.7. The number of thiophene rings is 1. The summed E-state index contributed by atoms with van der Waals surface area (Å²) < 4.78 is 7.14. The summed E-state index contributed by atoms with van der Waals surface area (Å²) in [6, 6.07) is 2.84. The molecule has 0 bridgehead atoms. The average molecular weight is 300 g/mol. The van der Waals surface area contributed by atoms with E-state index in [0.29, 0.717) is 12.1 Å². The van der Waals surface area contributed by atoms with Crippen molar-refractivity contribution < 1.29 is 4.74 Å². The Kier molecular flexibility index (Phi) is 3.96. The first-order valence-corrected chi connectivity index (χ1v) is 7.62. The Hall–Kier alpha value is -2.21. The molecular weight excluding hydrogens is 284 g/mol. The summed E-state index contributed by atoms with van der Waals surface area (Å²) in [5, 5.41) is 4.29. The van der Waals surface area contributed by atoms with Crippen LogP contribution >= 0.6 is 11.3 Å². The first-order valence-electron chi connectivity index (χ1n) is 6.68. The Morgan fingerprint density at radius 2 is 2.10 bits per heavy atom. The maximum Gasteiger partial charge on any atom is 0.316 e. The maximum atomic E-state index is 4.99. The Bertz CT molecular complexity index is 691. The highest BCUT2D eigenvalue weighted by Crippen LogP contribution is 2.23. The second-order valence-corrected chi connectivity index (χ2v) is 5.58. The van der Waals surface area contributed by atoms with Crippen LogP contribution in [0.4, 0.5) is 0 Å². The lowest BCUT2D eigenvalue weighted by molar-refractivity contribution is 0.380. The molecule has 0 unspecified atom stereocenters. The van der Waals surface area contributed by atoms with Gasteiger partial charge in [-0.2, -0.15) is 11.3 Å². The molecule has 0 aliphatic rings. The molecule has 3 rings (SSSR count). The van der Waals surface area contributed by atoms with Gasteiger partial charge in [-0.1, -0.05) is 0 Å². The molecule has 0 spiro atoms. The predicted molar refractivity (Wildman–Crippen MR) is 82.5 cm³/mol. The van der Waals surface area contributed by atoms with E-state index in [-0.39, 0.29) is 0 Å². The normalized spacial score (nSPS) is 12.3. The first kappa shape index (κ1) is 13.8. The smallest absolute Gasteiger partial charge is 0.316 e. The van der Waals surface area contributed by atoms with Crippen LogP contribution in [0.25, 0.3) is 11.4 Å². The van der Waals surface area contributed by atoms with Crippen LogP contribution in [0.1, 0.15) is 18.5 Å². The fourth-order valence-electron chi connectivity index (χ4n) is 2.28. The van der Waals surface area contributed by atoms with Gasteiger partial charge in [0.2, 0.25) is 0 Å². The topological polar surface area (TPSA) is 52.8 Å². The number of rotatable bonds is 5. The molecule has 0 amide bonds. The summed E-state index contributed by atoms with van der Waals surface area (Å²) in [5.74, 6) is 0.875. The molecule has 21 heavy (non-hydrogen) atoms. The Labute approximate surface area is 127 Å². The van der Waals surface area contributed by atoms with E-state index < -0.39 is 0 Å². The third-order valence-electron chi connectivity index (χ3n) is 3.32. The number of methoxy groups -OCH3 is 1. The maximum absolute atomic E-state index is 4.99. The number of ether oxygens (including phenoxy) is 1. The molecule has 3 aromatic rings. The van der Waals surface area contributed by atoms with Crippen molar-refractivity contribution in [1.82, 2.24) is 19.5 Å². The second kappa shape index (κ2) is 6.05. The highest BCUT2D eigenvalue weighted by atomic mass is 32.1. The number of imidazole rings is 1. The summed E-state index contributed by atoms with van der Waals surface area (Å²) in [6.45, 7) is 2.19. The fraction of sp³-hybridized carbons (Fsp3) is 0.267. The number of hydrogen-bond donors (Lipinski definition) is 0. The zero-order valence-corrected chi connectivity index (χ0v) is 12.7. The molecule has 0 aliphatic carbocycles. The minimum Gasteiger partial charge on any atom is -0.467 e. The van der Waals surface area contributed by atoms with Crippen molar-refractivity contribution in [1.29, 1.82) is 0 Å². The van der Waals surface area contributed by atoms with Gasteiger partial charge >= 0.3 is 6.01 Å². The molecule has 0 aliphatic heterocycles. The van der Waals surface area contributed by atoms with E-state index in [1.165, 1.54) is 5.56 Å². The van der Waals surface area contributed by atoms with Gasteiger partial charge in [0, 0.05) is 30.8 Å². The van der Waals surface area contributed by atoms with E-state index in [4.69, 9.17) is 4.74 Å². The van der Waals surface area contributed by atoms with E-state index >= 15 is 0 Å². The molecular formula is C15H16N4OS. The van der Waals surface area contributed by atoms with Crippen LogP contribution in [0.15, 0.2) is 41.6 Å². The summed E-state index contributed by atoms with van der Waals surface area (Å²) in [7, 11) is 1.55. The van der Waals surface area contributed by atoms with Crippen molar-refractivity contribution in [2.45, 2.75) is 19.4 Å². The molecule has 0 aromatic carbocycles. The van der Waals surface area contributed by atoms with Crippen molar-refractivity contribution in [3.05, 3.63) is 47.2 Å². The molecule has 0 radical (unpaired) electrons. The van der Waals surface area contributed by atoms with Gasteiger partial charge in [0.25, 0.3) is 0 Å². The fourth-order valence-corrected chi connectivity index (χ4v) is 2.96. The standard InChI is InChI=1S/C15H16N4OS/c1-11(7-12-3-6-21-10-12)19-5-4-16-14(19)13-8-17-15(20-2)18-9-13/h3-6,8-11H,7H2,1-2H3/t11-/m0/s1. The van der Waals surface area contributed by atoms with Crippen molar-refractivity contribution in [3.63, 3.8) is 0 Å². The average Bonchev–Trinajstić information content (AvgIpc) is 3.18. The highest BCUT2D eigenvalue weighted by Gasteiger charge is 2.13. The molecule has 108 valence electrons. The van der Waals surface area contributed by atoms with Gasteiger partial charge in [0.05, 0.1) is 12.7 Å². The second-order valence-electron chi connectivity index (χ2n) is 4.80. The Morgan fingerprint density at radius 3 is 2.76 bits per heavy atom. The lowest BCUT2D eigenvalue weighted by Gasteiger charge is -2.15. The monoisotopic (exact) mass is 300 g/mol. The SMILES string of the molecule is COc1ncc(-c2nccn2[C@@H](C)Cc2ccsc2)cn1. The van der Waals surface area contributed by atoms with Gasteiger partial charge in [0.15, 0.2) is 0 Å². The van der Waals surface area contributed by atoms with E-state index in [1.54, 1.807) is 30.8 Å². The van der Waals surface area contributed by atoms with Crippen LogP contribution < -0.4 is 4.74 Å². The van der Waals surface area contributed by atoms with Crippen molar-refractivity contribution in [3.8, 4) is 17.4 Å². The molecule has 0 fully saturated rings. The van der Waals surface area contributed by atoms with E-state index in [1.807, 2.05) is 12.4 Å². The zero-order valence-electron chi connectivity index (χ0n) is 11.9. The summed E-state index contributed by atoms with van der Waals surface area (Å²) in [6.07, 6.45) is 8.26. The van der Waals surface area contributed by atoms with Crippen molar-refractivity contribution >= 4 is 11.3 Å². The lowest BCUT2D eigenvalue weighted by atomic mass is 10.1. The first-order chi connectivity index (χ1) is 10.3. The van der Waals surface area contributed by atoms with Crippen molar-refractivity contribution in [2.24, 2.45) is 0 Å². The summed E-state index contributed by atoms with van der Waals surface area (Å²) >= 11 is 1.72. The number of nitrogens with zero attached hydrogens (tertiary/aromatic N) is 4. The van der Waals surface area contributed by atoms with Gasteiger partial charge < -0.3 is 9.30 Å². The van der Waals surface area contributed by atoms with Crippen LogP contribution in [0.2, 0.25) is 0 Å². The van der Waals surface area contributed by atoms with Crippen LogP contribution in [-0.4, -0.2) is 26.6 Å². The van der Waals surface area contributed by atoms with Gasteiger partial charge in [-0.25, -0.2) is 15.0 Å². The largest absolute Gasteiger partial charge is 0.467 e. The van der Waals surface area contributed by atoms with Crippen LogP contribution in [0, 0.1) is 0 Å². The Balaban J connectivity index is 1.85. The zero-order chi connectivity index (χ0) is 14.7. The van der Waals surface area contributed by atoms with Gasteiger partial charge in [-0.15, -0.1) is 0 Å². The highest BCUT2D eigenvalue weighted by molar-refractivity contribution is 7.07. The molecule has 0 N–H and O–H groups in total. The molecule has 3 heterocycles. The minimum absolute atomic E-state index is 0.319. The molecule has 1 atom stereocenters. The van der Waals surface area contributed by atoms with Gasteiger partial charge in [-0.3, -0.25) is 0 Å². The molecule has 3 aromatic heterocycles. The third kappa shape index (κ3) is 2.95. The van der Waals surface area contributed by atoms with E-state index in [2.05, 4.69) is 43.3 Å². The van der Waals surface area contributed by atoms with E-state index in [0.717, 1.165) is 17.8 Å². The quantitative estimate of drug-likeness (QED) is 0.726.